The van der Waals surface area contributed by atoms with Crippen LogP contribution in [-0.4, -0.2) is 35.8 Å². The maximum atomic E-state index is 11.9. The number of aryl methyl sites for hydroxylation is 1. The van der Waals surface area contributed by atoms with Crippen molar-refractivity contribution >= 4 is 12.0 Å². The van der Waals surface area contributed by atoms with Crippen LogP contribution in [0.1, 0.15) is 31.0 Å². The van der Waals surface area contributed by atoms with E-state index >= 15 is 0 Å². The number of nitrogens with two attached hydrogens (primary N) is 1. The van der Waals surface area contributed by atoms with Crippen molar-refractivity contribution < 1.29 is 14.1 Å². The molecule has 1 aromatic rings. The number of aromatic nitrogens is 1. The number of nitriles is 1. The number of nitrogens with one attached hydrogen (secondary N) is 1. The van der Waals surface area contributed by atoms with Crippen molar-refractivity contribution in [1.29, 1.82) is 5.26 Å². The molecule has 3 rings (SSSR count). The number of nitrogens with zero attached hydrogens (tertiary/aromatic N) is 3. The molecule has 0 radical (unpaired) electrons. The van der Waals surface area contributed by atoms with Gasteiger partial charge in [-0.3, -0.25) is 0 Å². The Labute approximate surface area is 133 Å². The third-order valence-corrected chi connectivity index (χ3v) is 4.59. The summed E-state index contributed by atoms with van der Waals surface area (Å²) in [7, 11) is 0. The van der Waals surface area contributed by atoms with E-state index in [-0.39, 0.29) is 6.09 Å². The van der Waals surface area contributed by atoms with Gasteiger partial charge in [-0.15, -0.1) is 0 Å². The lowest BCUT2D eigenvalue weighted by Crippen LogP contribution is -2.48. The number of rotatable bonds is 1. The van der Waals surface area contributed by atoms with Gasteiger partial charge in [0.05, 0.1) is 29.5 Å². The molecule has 0 aromatic carbocycles. The van der Waals surface area contributed by atoms with E-state index in [0.29, 0.717) is 49.8 Å². The van der Waals surface area contributed by atoms with Gasteiger partial charge in [0.15, 0.2) is 0 Å². The zero-order valence-corrected chi connectivity index (χ0v) is 13.2. The molecule has 3 N–H and O–H groups in total. The Morgan fingerprint density at radius 1 is 1.57 bits per heavy atom. The smallest absolute Gasteiger partial charge is 0.409 e. The minimum absolute atomic E-state index is 0.292. The molecule has 8 nitrogen and oxygen atoms in total. The quantitative estimate of drug-likeness (QED) is 0.807. The average Bonchev–Trinajstić information content (AvgIpc) is 2.90. The molecule has 3 heterocycles. The van der Waals surface area contributed by atoms with Crippen LogP contribution in [0.25, 0.3) is 0 Å². The van der Waals surface area contributed by atoms with E-state index in [1.54, 1.807) is 11.8 Å². The fraction of sp³-hybridized carbons (Fsp3) is 0.533. The predicted molar refractivity (Wildman–Crippen MR) is 81.2 cm³/mol. The number of carbonyl (C=O) groups excluding carboxylic acids is 1. The molecule has 0 aliphatic carbocycles. The molecule has 2 aliphatic heterocycles. The fourth-order valence-electron chi connectivity index (χ4n) is 3.54. The second kappa shape index (κ2) is 5.50. The minimum atomic E-state index is -0.563. The van der Waals surface area contributed by atoms with Gasteiger partial charge >= 0.3 is 6.09 Å². The second-order valence-electron chi connectivity index (χ2n) is 5.77. The number of likely N-dealkylation sites (tertiary alicyclic amines) is 1. The number of allylic oxidation sites excluding steroid dienone is 1. The fourth-order valence-corrected chi connectivity index (χ4v) is 3.54. The van der Waals surface area contributed by atoms with E-state index in [1.807, 2.05) is 6.92 Å². The summed E-state index contributed by atoms with van der Waals surface area (Å²) < 4.78 is 10.4. The zero-order valence-electron chi connectivity index (χ0n) is 13.2. The van der Waals surface area contributed by atoms with Gasteiger partial charge in [-0.05, 0) is 26.7 Å². The van der Waals surface area contributed by atoms with Crippen LogP contribution in [0.3, 0.4) is 0 Å². The first kappa shape index (κ1) is 15.2. The highest BCUT2D eigenvalue weighted by molar-refractivity contribution is 5.69. The summed E-state index contributed by atoms with van der Waals surface area (Å²) in [5.41, 5.74) is 7.54. The van der Waals surface area contributed by atoms with Crippen LogP contribution >= 0.6 is 0 Å². The molecule has 0 atom stereocenters. The predicted octanol–water partition coefficient (Wildman–Crippen LogP) is 1.59. The number of hydrogen-bond acceptors (Lipinski definition) is 7. The van der Waals surface area contributed by atoms with Crippen LogP contribution in [-0.2, 0) is 10.2 Å². The lowest BCUT2D eigenvalue weighted by Gasteiger charge is -2.43. The summed E-state index contributed by atoms with van der Waals surface area (Å²) >= 11 is 0. The van der Waals surface area contributed by atoms with E-state index in [9.17, 15) is 10.1 Å². The minimum Gasteiger partial charge on any atom is -0.450 e. The van der Waals surface area contributed by atoms with Gasteiger partial charge in [-0.25, -0.2) is 4.79 Å². The van der Waals surface area contributed by atoms with E-state index in [1.165, 1.54) is 0 Å². The Bertz CT molecular complexity index is 707. The van der Waals surface area contributed by atoms with Gasteiger partial charge in [-0.2, -0.15) is 5.26 Å². The van der Waals surface area contributed by atoms with Crippen molar-refractivity contribution in [2.24, 2.45) is 5.73 Å². The first-order chi connectivity index (χ1) is 11.0. The summed E-state index contributed by atoms with van der Waals surface area (Å²) in [5.74, 6) is 0.782. The maximum absolute atomic E-state index is 11.9. The van der Waals surface area contributed by atoms with E-state index in [2.05, 4.69) is 16.5 Å². The standard InChI is InChI=1S/C15H19N5O3/c1-3-22-14(21)20-6-4-15(5-7-20)10(8-16)12(17)18-13-11(15)9(2)19-23-13/h18H,3-7,17H2,1-2H3. The number of ether oxygens (including phenoxy) is 1. The highest BCUT2D eigenvalue weighted by atomic mass is 16.6. The maximum Gasteiger partial charge on any atom is 0.409 e. The van der Waals surface area contributed by atoms with E-state index in [0.717, 1.165) is 11.3 Å². The number of hydrogen-bond donors (Lipinski definition) is 2. The molecular formula is C15H19N5O3. The van der Waals surface area contributed by atoms with Crippen LogP contribution in [0, 0.1) is 18.3 Å². The topological polar surface area (TPSA) is 117 Å². The highest BCUT2D eigenvalue weighted by Gasteiger charge is 2.48. The third kappa shape index (κ3) is 2.20. The highest BCUT2D eigenvalue weighted by Crippen LogP contribution is 2.49. The monoisotopic (exact) mass is 317 g/mol. The molecular weight excluding hydrogens is 298 g/mol. The molecule has 1 saturated heterocycles. The lowest BCUT2D eigenvalue weighted by atomic mass is 9.66. The molecule has 1 spiro atoms. The Balaban J connectivity index is 1.96. The number of fused-ring (bicyclic) bond motifs is 2. The van der Waals surface area contributed by atoms with Gasteiger partial charge in [0, 0.05) is 18.5 Å². The first-order valence-corrected chi connectivity index (χ1v) is 7.59. The third-order valence-electron chi connectivity index (χ3n) is 4.59. The van der Waals surface area contributed by atoms with Crippen molar-refractivity contribution in [2.45, 2.75) is 32.1 Å². The number of amides is 1. The van der Waals surface area contributed by atoms with Crippen molar-refractivity contribution in [3.05, 3.63) is 22.7 Å². The summed E-state index contributed by atoms with van der Waals surface area (Å²) in [6.07, 6.45) is 0.826. The van der Waals surface area contributed by atoms with Crippen LogP contribution in [0.4, 0.5) is 10.7 Å². The summed E-state index contributed by atoms with van der Waals surface area (Å²) in [6, 6.07) is 2.23. The largest absolute Gasteiger partial charge is 0.450 e. The SMILES string of the molecule is CCOC(=O)N1CCC2(CC1)C(C#N)=C(N)Nc1onc(C)c12. The number of anilines is 1. The molecule has 2 aliphatic rings. The molecule has 0 saturated carbocycles. The summed E-state index contributed by atoms with van der Waals surface area (Å²) in [5, 5.41) is 16.5. The molecule has 1 aromatic heterocycles. The summed E-state index contributed by atoms with van der Waals surface area (Å²) in [4.78, 5) is 13.6. The molecule has 23 heavy (non-hydrogen) atoms. The van der Waals surface area contributed by atoms with Gasteiger partial charge in [0.1, 0.15) is 5.82 Å². The number of carbonyl (C=O) groups is 1. The lowest BCUT2D eigenvalue weighted by molar-refractivity contribution is 0.0905. The second-order valence-corrected chi connectivity index (χ2v) is 5.77. The van der Waals surface area contributed by atoms with Crippen LogP contribution in [0.5, 0.6) is 0 Å². The van der Waals surface area contributed by atoms with Crippen molar-refractivity contribution in [3.8, 4) is 6.07 Å². The molecule has 8 heteroatoms. The Hall–Kier alpha value is -2.69. The number of piperidine rings is 1. The van der Waals surface area contributed by atoms with Crippen molar-refractivity contribution in [1.82, 2.24) is 10.1 Å². The van der Waals surface area contributed by atoms with Crippen LogP contribution < -0.4 is 11.1 Å². The Morgan fingerprint density at radius 3 is 2.87 bits per heavy atom. The van der Waals surface area contributed by atoms with Crippen molar-refractivity contribution in [2.75, 3.05) is 25.0 Å². The average molecular weight is 317 g/mol. The Morgan fingerprint density at radius 2 is 2.26 bits per heavy atom. The van der Waals surface area contributed by atoms with Gasteiger partial charge in [0.2, 0.25) is 5.88 Å². The summed E-state index contributed by atoms with van der Waals surface area (Å²) in [6.45, 7) is 4.94. The van der Waals surface area contributed by atoms with Crippen molar-refractivity contribution in [3.63, 3.8) is 0 Å². The Kier molecular flexibility index (Phi) is 3.64. The normalized spacial score (nSPS) is 19.1. The van der Waals surface area contributed by atoms with Gasteiger partial charge in [0.25, 0.3) is 0 Å². The molecule has 1 amide bonds. The first-order valence-electron chi connectivity index (χ1n) is 7.59. The van der Waals surface area contributed by atoms with E-state index in [4.69, 9.17) is 15.0 Å². The van der Waals surface area contributed by atoms with Crippen LogP contribution in [0.2, 0.25) is 0 Å². The molecule has 0 unspecified atom stereocenters. The molecule has 0 bridgehead atoms. The molecule has 1 fully saturated rings. The van der Waals surface area contributed by atoms with Gasteiger partial charge < -0.3 is 25.2 Å². The van der Waals surface area contributed by atoms with E-state index < -0.39 is 5.41 Å². The van der Waals surface area contributed by atoms with Gasteiger partial charge in [-0.1, -0.05) is 5.16 Å². The van der Waals surface area contributed by atoms with Crippen LogP contribution in [0.15, 0.2) is 15.9 Å². The zero-order chi connectivity index (χ0) is 16.6. The molecule has 122 valence electrons.